The first-order valence-electron chi connectivity index (χ1n) is 20.9. The summed E-state index contributed by atoms with van der Waals surface area (Å²) < 4.78 is 0. The number of aliphatic carboxylic acids is 5. The van der Waals surface area contributed by atoms with E-state index in [1.807, 2.05) is 6.92 Å². The van der Waals surface area contributed by atoms with Crippen molar-refractivity contribution in [2.75, 3.05) is 0 Å². The average Bonchev–Trinajstić information content (AvgIpc) is 3.83. The van der Waals surface area contributed by atoms with Gasteiger partial charge >= 0.3 is 29.8 Å². The number of allylic oxidation sites excluding steroid dienone is 4. The minimum Gasteiger partial charge on any atom is -0.481 e. The van der Waals surface area contributed by atoms with Crippen molar-refractivity contribution in [2.45, 2.75) is 121 Å². The van der Waals surface area contributed by atoms with Gasteiger partial charge in [-0.05, 0) is 37.7 Å². The van der Waals surface area contributed by atoms with E-state index < -0.39 is 106 Å². The van der Waals surface area contributed by atoms with Gasteiger partial charge in [0.2, 0.25) is 11.8 Å². The van der Waals surface area contributed by atoms with Gasteiger partial charge in [0.1, 0.15) is 5.66 Å². The molecular weight excluding hydrogens is 796 g/mol. The predicted octanol–water partition coefficient (Wildman–Crippen LogP) is 2.33. The molecule has 1 aliphatic carbocycles. The van der Waals surface area contributed by atoms with Gasteiger partial charge < -0.3 is 41.9 Å². The number of hydrogen-bond donors (Lipinski definition) is 8. The molecule has 3 fully saturated rings. The number of fused-ring (bicyclic) bond motifs is 4. The fraction of sp³-hybridized carbons (Fsp3) is 0.643. The first-order valence-corrected chi connectivity index (χ1v) is 20.9. The van der Waals surface area contributed by atoms with E-state index in [1.165, 1.54) is 0 Å². The number of primary amides is 1. The fourth-order valence-electron chi connectivity index (χ4n) is 12.1. The van der Waals surface area contributed by atoms with Crippen LogP contribution in [0.1, 0.15) is 104 Å². The maximum absolute atomic E-state index is 14.2. The molecule has 19 heteroatoms. The van der Waals surface area contributed by atoms with E-state index in [9.17, 15) is 63.9 Å². The maximum Gasteiger partial charge on any atom is 0.304 e. The molecule has 11 atom stereocenters. The Morgan fingerprint density at radius 2 is 1.48 bits per heavy atom. The summed E-state index contributed by atoms with van der Waals surface area (Å²) >= 11 is 0. The lowest BCUT2D eigenvalue weighted by molar-refractivity contribution is -0.139. The topological polar surface area (TPSA) is 325 Å². The molecule has 8 bridgehead atoms. The number of nitrogens with two attached hydrogens (primary N) is 1. The molecule has 1 saturated carbocycles. The van der Waals surface area contributed by atoms with Gasteiger partial charge in [-0.3, -0.25) is 53.3 Å². The van der Waals surface area contributed by atoms with Crippen LogP contribution in [0.2, 0.25) is 0 Å². The van der Waals surface area contributed by atoms with Crippen molar-refractivity contribution < 1.29 is 63.9 Å². The SMILES string of the molecule is CC1(CC(N)=O)C2=NC(CC34NC(=O)CC3(C)C(CCC(=O)O)C(=CC3=NC(=C5C(=O)CCC6C5=NC(C2)C6CC(=O)O)C(CCC(=O)O)C3CC(=O)O)N4)C1CCC(=O)O. The molecule has 61 heavy (non-hydrogen) atoms. The molecule has 2 amide bonds. The maximum atomic E-state index is 14.2. The third-order valence-electron chi connectivity index (χ3n) is 14.8. The van der Waals surface area contributed by atoms with Crippen molar-refractivity contribution in [1.29, 1.82) is 0 Å². The molecule has 11 unspecified atom stereocenters. The number of carbonyl (C=O) groups excluding carboxylic acids is 3. The van der Waals surface area contributed by atoms with Crippen LogP contribution in [-0.2, 0) is 38.4 Å². The molecule has 6 aliphatic heterocycles. The van der Waals surface area contributed by atoms with Crippen molar-refractivity contribution in [3.63, 3.8) is 0 Å². The lowest BCUT2D eigenvalue weighted by atomic mass is 9.63. The molecule has 19 nitrogen and oxygen atoms in total. The zero-order chi connectivity index (χ0) is 44.3. The van der Waals surface area contributed by atoms with Gasteiger partial charge in [0.05, 0.1) is 41.9 Å². The first-order chi connectivity index (χ1) is 28.7. The monoisotopic (exact) mass is 848 g/mol. The van der Waals surface area contributed by atoms with E-state index >= 15 is 0 Å². The number of hydrogen-bond acceptors (Lipinski definition) is 12. The Labute approximate surface area is 350 Å². The summed E-state index contributed by atoms with van der Waals surface area (Å²) in [6.45, 7) is 3.63. The summed E-state index contributed by atoms with van der Waals surface area (Å²) in [6.07, 6.45) is -0.169. The number of amides is 2. The van der Waals surface area contributed by atoms with E-state index in [4.69, 9.17) is 20.7 Å². The molecular formula is C42H52N6O13. The Balaban J connectivity index is 1.52. The number of nitrogens with one attached hydrogen (secondary N) is 2. The number of nitrogens with zero attached hydrogens (tertiary/aromatic N) is 3. The predicted molar refractivity (Wildman–Crippen MR) is 213 cm³/mol. The summed E-state index contributed by atoms with van der Waals surface area (Å²) in [6, 6.07) is -1.54. The molecule has 7 aliphatic rings. The van der Waals surface area contributed by atoms with Gasteiger partial charge in [-0.1, -0.05) is 13.8 Å². The van der Waals surface area contributed by atoms with E-state index in [1.54, 1.807) is 13.0 Å². The van der Waals surface area contributed by atoms with Gasteiger partial charge in [0.25, 0.3) is 0 Å². The van der Waals surface area contributed by atoms with E-state index in [2.05, 4.69) is 10.6 Å². The summed E-state index contributed by atoms with van der Waals surface area (Å²) in [5.41, 5.74) is 4.03. The van der Waals surface area contributed by atoms with Gasteiger partial charge in [-0.25, -0.2) is 0 Å². The highest BCUT2D eigenvalue weighted by Crippen LogP contribution is 2.59. The van der Waals surface area contributed by atoms with E-state index in [0.717, 1.165) is 0 Å². The zero-order valence-corrected chi connectivity index (χ0v) is 34.0. The van der Waals surface area contributed by atoms with E-state index in [0.29, 0.717) is 17.1 Å². The Kier molecular flexibility index (Phi) is 11.3. The standard InChI is InChI=1S/C42H52N6O13/c1-40(16-30(43)50)22(5-9-33(54)55)27-15-42-41(2,17-31(51)48-42)23(6-10-34(56)57)26(47-42)13-24-20(11-35(58)59)19(4-8-32(52)53)39(45-24)37-28(49)7-3-18-21(12-36(60)61)25(46-38(18)37)14-29(40)44-27/h13,18-23,25,27,47H,3-12,14-17H2,1-2H3,(H2,43,50)(H,48,51)(H,52,53)(H,54,55)(H,56,57)(H,58,59)(H,60,61). The number of carboxylic acids is 5. The Morgan fingerprint density at radius 3 is 2.11 bits per heavy atom. The molecule has 0 aromatic rings. The summed E-state index contributed by atoms with van der Waals surface area (Å²) in [5, 5.41) is 56.8. The number of Topliss-reactive ketones (excluding diaryl/α,β-unsaturated/α-hetero) is 1. The van der Waals surface area contributed by atoms with Crippen LogP contribution in [0.3, 0.4) is 0 Å². The van der Waals surface area contributed by atoms with Gasteiger partial charge in [0, 0.05) is 109 Å². The second-order valence-electron chi connectivity index (χ2n) is 18.4. The highest BCUT2D eigenvalue weighted by atomic mass is 16.4. The third kappa shape index (κ3) is 7.75. The quantitative estimate of drug-likeness (QED) is 0.117. The van der Waals surface area contributed by atoms with Crippen LogP contribution in [0, 0.1) is 46.3 Å². The molecule has 0 radical (unpaired) electrons. The van der Waals surface area contributed by atoms with Gasteiger partial charge in [0.15, 0.2) is 5.78 Å². The lowest BCUT2D eigenvalue weighted by Crippen LogP contribution is -2.59. The molecule has 2 saturated heterocycles. The minimum atomic E-state index is -1.34. The van der Waals surface area contributed by atoms with Crippen LogP contribution in [0.4, 0.5) is 0 Å². The van der Waals surface area contributed by atoms with E-state index in [-0.39, 0.29) is 112 Å². The fourth-order valence-corrected chi connectivity index (χ4v) is 12.1. The van der Waals surface area contributed by atoms with Gasteiger partial charge in [-0.15, -0.1) is 0 Å². The Morgan fingerprint density at radius 1 is 0.820 bits per heavy atom. The Bertz CT molecular complexity index is 2160. The lowest BCUT2D eigenvalue weighted by Gasteiger charge is -2.42. The average molecular weight is 849 g/mol. The zero-order valence-electron chi connectivity index (χ0n) is 34.0. The molecule has 1 spiro atoms. The highest BCUT2D eigenvalue weighted by Gasteiger charge is 2.66. The van der Waals surface area contributed by atoms with Crippen molar-refractivity contribution >= 4 is 64.6 Å². The minimum absolute atomic E-state index is 0.00832. The molecule has 6 heterocycles. The number of aliphatic imine (C=N–C) groups is 3. The smallest absolute Gasteiger partial charge is 0.304 e. The molecule has 9 N–H and O–H groups in total. The number of carboxylic acid groups (broad SMARTS) is 5. The summed E-state index contributed by atoms with van der Waals surface area (Å²) in [7, 11) is 0. The highest BCUT2D eigenvalue weighted by molar-refractivity contribution is 6.26. The number of rotatable bonds is 15. The van der Waals surface area contributed by atoms with Gasteiger partial charge in [-0.2, -0.15) is 0 Å². The van der Waals surface area contributed by atoms with Crippen LogP contribution >= 0.6 is 0 Å². The second kappa shape index (κ2) is 15.9. The van der Waals surface area contributed by atoms with Crippen molar-refractivity contribution in [3.8, 4) is 0 Å². The van der Waals surface area contributed by atoms with Crippen LogP contribution in [0.25, 0.3) is 0 Å². The summed E-state index contributed by atoms with van der Waals surface area (Å²) in [4.78, 5) is 117. The largest absolute Gasteiger partial charge is 0.481 e. The molecule has 7 rings (SSSR count). The normalized spacial score (nSPS) is 36.0. The number of carbonyl (C=O) groups is 8. The molecule has 0 aromatic carbocycles. The summed E-state index contributed by atoms with van der Waals surface area (Å²) in [5.74, 6) is -11.4. The number of ketones is 1. The molecule has 328 valence electrons. The second-order valence-corrected chi connectivity index (χ2v) is 18.4. The van der Waals surface area contributed by atoms with Crippen molar-refractivity contribution in [2.24, 2.45) is 67.0 Å². The van der Waals surface area contributed by atoms with Crippen LogP contribution in [0.5, 0.6) is 0 Å². The van der Waals surface area contributed by atoms with Crippen molar-refractivity contribution in [1.82, 2.24) is 10.6 Å². The molecule has 0 aromatic heterocycles. The van der Waals surface area contributed by atoms with Crippen LogP contribution in [-0.4, -0.2) is 108 Å². The third-order valence-corrected chi connectivity index (χ3v) is 14.8. The van der Waals surface area contributed by atoms with Crippen LogP contribution in [0.15, 0.2) is 38.0 Å². The Hall–Kier alpha value is -5.75. The van der Waals surface area contributed by atoms with Crippen LogP contribution < -0.4 is 16.4 Å². The van der Waals surface area contributed by atoms with Crippen molar-refractivity contribution in [3.05, 3.63) is 23.0 Å². The first kappa shape index (κ1) is 43.3.